The molecule has 0 radical (unpaired) electrons. The Morgan fingerprint density at radius 3 is 2.83 bits per heavy atom. The van der Waals surface area contributed by atoms with E-state index in [1.54, 1.807) is 25.6 Å². The first-order valence-electron chi connectivity index (χ1n) is 7.54. The van der Waals surface area contributed by atoms with Crippen LogP contribution in [-0.2, 0) is 17.6 Å². The highest BCUT2D eigenvalue weighted by molar-refractivity contribution is 7.11. The van der Waals surface area contributed by atoms with Gasteiger partial charge in [-0.2, -0.15) is 0 Å². The van der Waals surface area contributed by atoms with E-state index in [9.17, 15) is 9.90 Å². The van der Waals surface area contributed by atoms with Crippen LogP contribution >= 0.6 is 11.3 Å². The van der Waals surface area contributed by atoms with Crippen molar-refractivity contribution in [1.82, 2.24) is 4.98 Å². The van der Waals surface area contributed by atoms with Gasteiger partial charge in [0, 0.05) is 11.3 Å². The second-order valence-electron chi connectivity index (χ2n) is 5.57. The van der Waals surface area contributed by atoms with Crippen molar-refractivity contribution in [2.75, 3.05) is 14.2 Å². The lowest BCUT2D eigenvalue weighted by molar-refractivity contribution is -0.139. The number of methoxy groups -OCH3 is 2. The first kappa shape index (κ1) is 15.8. The number of carboxylic acid groups (broad SMARTS) is 1. The molecule has 23 heavy (non-hydrogen) atoms. The monoisotopic (exact) mass is 333 g/mol. The largest absolute Gasteiger partial charge is 0.493 e. The highest BCUT2D eigenvalue weighted by Crippen LogP contribution is 2.36. The summed E-state index contributed by atoms with van der Waals surface area (Å²) in [7, 11) is 3.22. The van der Waals surface area contributed by atoms with Crippen LogP contribution in [0.2, 0.25) is 0 Å². The van der Waals surface area contributed by atoms with Crippen molar-refractivity contribution >= 4 is 17.3 Å². The predicted molar refractivity (Wildman–Crippen MR) is 87.8 cm³/mol. The fourth-order valence-corrected chi connectivity index (χ4v) is 4.16. The van der Waals surface area contributed by atoms with Gasteiger partial charge in [0.2, 0.25) is 0 Å². The Morgan fingerprint density at radius 2 is 2.13 bits per heavy atom. The number of hydrogen-bond donors (Lipinski definition) is 1. The third-order valence-corrected chi connectivity index (χ3v) is 5.23. The minimum absolute atomic E-state index is 0.450. The van der Waals surface area contributed by atoms with Crippen LogP contribution in [0.4, 0.5) is 0 Å². The van der Waals surface area contributed by atoms with Gasteiger partial charge < -0.3 is 14.6 Å². The van der Waals surface area contributed by atoms with Crippen LogP contribution in [0.5, 0.6) is 11.5 Å². The van der Waals surface area contributed by atoms with Crippen molar-refractivity contribution in [1.29, 1.82) is 0 Å². The summed E-state index contributed by atoms with van der Waals surface area (Å²) in [5.41, 5.74) is 1.84. The number of carboxylic acids is 1. The second-order valence-corrected chi connectivity index (χ2v) is 6.73. The smallest absolute Gasteiger partial charge is 0.312 e. The normalized spacial score (nSPS) is 16.7. The number of hydrogen-bond acceptors (Lipinski definition) is 5. The van der Waals surface area contributed by atoms with Crippen molar-refractivity contribution in [2.45, 2.75) is 31.6 Å². The summed E-state index contributed by atoms with van der Waals surface area (Å²) in [6, 6.07) is 5.80. The third-order valence-electron chi connectivity index (χ3n) is 4.10. The Bertz CT molecular complexity index is 725. The molecule has 6 heteroatoms. The van der Waals surface area contributed by atoms with Gasteiger partial charge in [0.25, 0.3) is 0 Å². The molecule has 0 saturated carbocycles. The van der Waals surface area contributed by atoms with E-state index in [0.717, 1.165) is 34.0 Å². The number of ether oxygens (including phenoxy) is 2. The second kappa shape index (κ2) is 6.58. The van der Waals surface area contributed by atoms with Crippen LogP contribution < -0.4 is 9.47 Å². The summed E-state index contributed by atoms with van der Waals surface area (Å²) >= 11 is 1.63. The van der Waals surface area contributed by atoms with Gasteiger partial charge in [-0.3, -0.25) is 4.79 Å². The van der Waals surface area contributed by atoms with Crippen LogP contribution in [-0.4, -0.2) is 30.3 Å². The van der Waals surface area contributed by atoms with Crippen LogP contribution in [0.1, 0.15) is 39.9 Å². The number of fused-ring (bicyclic) bond motifs is 1. The number of aryl methyl sites for hydroxylation is 1. The van der Waals surface area contributed by atoms with Gasteiger partial charge in [0.05, 0.1) is 30.8 Å². The van der Waals surface area contributed by atoms with E-state index in [1.807, 2.05) is 18.2 Å². The molecular weight excluding hydrogens is 314 g/mol. The average Bonchev–Trinajstić information content (AvgIpc) is 2.96. The molecule has 3 rings (SSSR count). The van der Waals surface area contributed by atoms with E-state index < -0.39 is 11.9 Å². The molecule has 0 amide bonds. The maximum Gasteiger partial charge on any atom is 0.312 e. The molecule has 122 valence electrons. The Hall–Kier alpha value is -2.08. The summed E-state index contributed by atoms with van der Waals surface area (Å²) < 4.78 is 10.6. The lowest BCUT2D eigenvalue weighted by Gasteiger charge is -2.16. The fraction of sp³-hybridized carbons (Fsp3) is 0.412. The van der Waals surface area contributed by atoms with Crippen LogP contribution in [0, 0.1) is 0 Å². The molecular formula is C17H19NO4S. The van der Waals surface area contributed by atoms with Crippen molar-refractivity contribution in [3.8, 4) is 11.5 Å². The van der Waals surface area contributed by atoms with Gasteiger partial charge in [0.1, 0.15) is 0 Å². The maximum absolute atomic E-state index is 11.4. The Balaban J connectivity index is 1.85. The van der Waals surface area contributed by atoms with E-state index in [1.165, 1.54) is 0 Å². The van der Waals surface area contributed by atoms with Crippen molar-refractivity contribution in [3.63, 3.8) is 0 Å². The van der Waals surface area contributed by atoms with Crippen LogP contribution in [0.25, 0.3) is 0 Å². The van der Waals surface area contributed by atoms with Gasteiger partial charge >= 0.3 is 5.97 Å². The minimum Gasteiger partial charge on any atom is -0.493 e. The molecule has 1 N–H and O–H groups in total. The highest BCUT2D eigenvalue weighted by atomic mass is 32.1. The molecule has 1 aliphatic rings. The Labute approximate surface area is 138 Å². The van der Waals surface area contributed by atoms with Gasteiger partial charge in [-0.15, -0.1) is 11.3 Å². The van der Waals surface area contributed by atoms with E-state index in [4.69, 9.17) is 9.47 Å². The summed E-state index contributed by atoms with van der Waals surface area (Å²) in [5, 5.41) is 10.3. The standard InChI is InChI=1S/C17H19NO4S/c1-21-12-7-6-10(8-13(12)22-2)9-15-18-16-11(17(19)20)4-3-5-14(16)23-15/h6-8,11H,3-5,9H2,1-2H3,(H,19,20). The number of nitrogens with zero attached hydrogens (tertiary/aromatic N) is 1. The molecule has 0 spiro atoms. The van der Waals surface area contributed by atoms with Crippen molar-refractivity contribution in [3.05, 3.63) is 39.3 Å². The fourth-order valence-electron chi connectivity index (χ4n) is 2.95. The summed E-state index contributed by atoms with van der Waals surface area (Å²) in [5.74, 6) is 0.165. The molecule has 1 aromatic carbocycles. The van der Waals surface area contributed by atoms with Crippen LogP contribution in [0.3, 0.4) is 0 Å². The first-order valence-corrected chi connectivity index (χ1v) is 8.36. The van der Waals surface area contributed by atoms with E-state index in [2.05, 4.69) is 4.98 Å². The zero-order valence-corrected chi connectivity index (χ0v) is 14.0. The summed E-state index contributed by atoms with van der Waals surface area (Å²) in [4.78, 5) is 17.1. The average molecular weight is 333 g/mol. The molecule has 1 aromatic heterocycles. The van der Waals surface area contributed by atoms with E-state index >= 15 is 0 Å². The van der Waals surface area contributed by atoms with Gasteiger partial charge in [-0.1, -0.05) is 6.07 Å². The summed E-state index contributed by atoms with van der Waals surface area (Å²) in [6.07, 6.45) is 3.21. The van der Waals surface area contributed by atoms with Crippen molar-refractivity contribution in [2.24, 2.45) is 0 Å². The third kappa shape index (κ3) is 3.17. The number of rotatable bonds is 5. The van der Waals surface area contributed by atoms with E-state index in [-0.39, 0.29) is 0 Å². The highest BCUT2D eigenvalue weighted by Gasteiger charge is 2.29. The number of aromatic nitrogens is 1. The minimum atomic E-state index is -0.770. The van der Waals surface area contributed by atoms with E-state index in [0.29, 0.717) is 24.3 Å². The quantitative estimate of drug-likeness (QED) is 0.909. The Kier molecular flexibility index (Phi) is 4.52. The van der Waals surface area contributed by atoms with Gasteiger partial charge in [-0.05, 0) is 37.0 Å². The molecule has 1 heterocycles. The van der Waals surface area contributed by atoms with Gasteiger partial charge in [0.15, 0.2) is 11.5 Å². The molecule has 1 aliphatic carbocycles. The molecule has 5 nitrogen and oxygen atoms in total. The van der Waals surface area contributed by atoms with Crippen LogP contribution in [0.15, 0.2) is 18.2 Å². The predicted octanol–water partition coefficient (Wildman–Crippen LogP) is 3.26. The topological polar surface area (TPSA) is 68.7 Å². The zero-order valence-electron chi connectivity index (χ0n) is 13.2. The SMILES string of the molecule is COc1ccc(Cc2nc3c(s2)CCCC3C(=O)O)cc1OC. The molecule has 1 unspecified atom stereocenters. The molecule has 0 aliphatic heterocycles. The van der Waals surface area contributed by atoms with Gasteiger partial charge in [-0.25, -0.2) is 4.98 Å². The molecule has 0 fully saturated rings. The number of benzene rings is 1. The molecule has 0 saturated heterocycles. The first-order chi connectivity index (χ1) is 11.1. The molecule has 1 atom stereocenters. The molecule has 2 aromatic rings. The summed E-state index contributed by atoms with van der Waals surface area (Å²) in [6.45, 7) is 0. The zero-order chi connectivity index (χ0) is 16.4. The van der Waals surface area contributed by atoms with Crippen molar-refractivity contribution < 1.29 is 19.4 Å². The number of thiazole rings is 1. The number of carbonyl (C=O) groups is 1. The molecule has 0 bridgehead atoms. The lowest BCUT2D eigenvalue weighted by atomic mass is 9.91. The number of aliphatic carboxylic acids is 1. The maximum atomic E-state index is 11.4. The lowest BCUT2D eigenvalue weighted by Crippen LogP contribution is -2.17. The Morgan fingerprint density at radius 1 is 1.35 bits per heavy atom.